The summed E-state index contributed by atoms with van der Waals surface area (Å²) in [5.41, 5.74) is 4.37. The SMILES string of the molecule is COCc1cc(C(=O)Nc2cc([C@H]3CC[C@@H](OC(=O)NCCCCCCCCCc4ccc5c(c4)n(C)c(=O)n5C4CCC(=O)NC4=O)C3)[nH]n2)n(C)n1. The standard InChI is InChI=1S/C38H51N9O7/c1-45-31-19-24(12-15-29(31)47(38(45)52)30-16-17-34(48)41-35(30)49)11-9-7-5-4-6-8-10-18-39-37(51)54-27-14-13-25(20-27)28-22-33(43-42-28)40-36(50)32-21-26(23-53-3)44-46(32)2/h12,15,19,21-22,25,27,30H,4-11,13-14,16-18,20,23H2,1-3H3,(H,39,51)(H,41,48,49)(H2,40,42,43,50)/t25-,27+,30?/m0/s1. The molecule has 0 radical (unpaired) electrons. The number of carbonyl (C=O) groups excluding carboxylic acids is 4. The van der Waals surface area contributed by atoms with Crippen LogP contribution >= 0.6 is 0 Å². The van der Waals surface area contributed by atoms with E-state index in [-0.39, 0.29) is 42.0 Å². The number of aryl methyl sites for hydroxylation is 3. The van der Waals surface area contributed by atoms with Crippen molar-refractivity contribution < 1.29 is 28.7 Å². The monoisotopic (exact) mass is 745 g/mol. The molecule has 1 aliphatic heterocycles. The van der Waals surface area contributed by atoms with E-state index < -0.39 is 11.9 Å². The normalized spacial score (nSPS) is 18.6. The first-order valence-corrected chi connectivity index (χ1v) is 19.0. The van der Waals surface area contributed by atoms with Gasteiger partial charge in [-0.3, -0.25) is 38.6 Å². The number of piperidine rings is 1. The number of H-pyrrole nitrogens is 1. The molecule has 290 valence electrons. The molecule has 3 atom stereocenters. The minimum Gasteiger partial charge on any atom is -0.446 e. The van der Waals surface area contributed by atoms with E-state index in [1.54, 1.807) is 31.8 Å². The molecule has 1 aliphatic carbocycles. The van der Waals surface area contributed by atoms with Gasteiger partial charge in [0.25, 0.3) is 5.91 Å². The lowest BCUT2D eigenvalue weighted by Gasteiger charge is -2.21. The minimum absolute atomic E-state index is 0.157. The van der Waals surface area contributed by atoms with Gasteiger partial charge in [-0.25, -0.2) is 9.59 Å². The third-order valence-corrected chi connectivity index (χ3v) is 10.5. The zero-order valence-corrected chi connectivity index (χ0v) is 31.3. The van der Waals surface area contributed by atoms with Gasteiger partial charge in [-0.15, -0.1) is 0 Å². The molecule has 4 N–H and O–H groups in total. The maximum Gasteiger partial charge on any atom is 0.407 e. The van der Waals surface area contributed by atoms with Gasteiger partial charge in [-0.1, -0.05) is 38.2 Å². The summed E-state index contributed by atoms with van der Waals surface area (Å²) in [6.07, 6.45) is 10.7. The molecule has 4 aromatic rings. The van der Waals surface area contributed by atoms with Crippen LogP contribution in [-0.4, -0.2) is 72.7 Å². The summed E-state index contributed by atoms with van der Waals surface area (Å²) in [5.74, 6) is -0.451. The Bertz CT molecular complexity index is 2030. The molecule has 6 rings (SSSR count). The van der Waals surface area contributed by atoms with Crippen LogP contribution in [0.5, 0.6) is 0 Å². The third-order valence-electron chi connectivity index (χ3n) is 10.5. The van der Waals surface area contributed by atoms with E-state index >= 15 is 0 Å². The zero-order chi connectivity index (χ0) is 38.2. The number of unbranched alkanes of at least 4 members (excludes halogenated alkanes) is 6. The van der Waals surface area contributed by atoms with Crippen LogP contribution in [0.2, 0.25) is 0 Å². The molecule has 0 spiro atoms. The number of methoxy groups -OCH3 is 1. The number of carbonyl (C=O) groups is 4. The quantitative estimate of drug-likeness (QED) is 0.0888. The van der Waals surface area contributed by atoms with E-state index in [1.165, 1.54) is 9.25 Å². The second-order valence-corrected chi connectivity index (χ2v) is 14.4. The number of rotatable bonds is 17. The molecule has 1 saturated carbocycles. The summed E-state index contributed by atoms with van der Waals surface area (Å²) < 4.78 is 15.4. The van der Waals surface area contributed by atoms with Crippen molar-refractivity contribution in [3.63, 3.8) is 0 Å². The van der Waals surface area contributed by atoms with Crippen LogP contribution in [-0.2, 0) is 46.2 Å². The van der Waals surface area contributed by atoms with Crippen molar-refractivity contribution in [2.45, 2.75) is 108 Å². The molecule has 1 saturated heterocycles. The summed E-state index contributed by atoms with van der Waals surface area (Å²) >= 11 is 0. The van der Waals surface area contributed by atoms with Gasteiger partial charge in [0, 0.05) is 51.8 Å². The zero-order valence-electron chi connectivity index (χ0n) is 31.3. The number of nitrogens with one attached hydrogen (secondary N) is 4. The maximum atomic E-state index is 13.0. The second kappa shape index (κ2) is 17.7. The summed E-state index contributed by atoms with van der Waals surface area (Å²) in [7, 11) is 5.00. The van der Waals surface area contributed by atoms with Gasteiger partial charge in [-0.2, -0.15) is 10.2 Å². The van der Waals surface area contributed by atoms with Crippen LogP contribution < -0.4 is 21.6 Å². The third kappa shape index (κ3) is 9.27. The van der Waals surface area contributed by atoms with E-state index in [2.05, 4.69) is 31.2 Å². The number of hydrogen-bond donors (Lipinski definition) is 4. The lowest BCUT2D eigenvalue weighted by atomic mass is 10.0. The predicted molar refractivity (Wildman–Crippen MR) is 200 cm³/mol. The van der Waals surface area contributed by atoms with Gasteiger partial charge in [0.1, 0.15) is 17.8 Å². The number of aromatic nitrogens is 6. The Balaban J connectivity index is 0.818. The van der Waals surface area contributed by atoms with Crippen molar-refractivity contribution in [2.24, 2.45) is 14.1 Å². The molecule has 54 heavy (non-hydrogen) atoms. The Morgan fingerprint density at radius 3 is 2.50 bits per heavy atom. The fourth-order valence-electron chi connectivity index (χ4n) is 7.59. The fourth-order valence-corrected chi connectivity index (χ4v) is 7.59. The molecule has 3 aromatic heterocycles. The summed E-state index contributed by atoms with van der Waals surface area (Å²) in [6.45, 7) is 0.903. The molecule has 4 heterocycles. The molecule has 16 nitrogen and oxygen atoms in total. The number of aromatic amines is 1. The van der Waals surface area contributed by atoms with Crippen LogP contribution in [0.1, 0.15) is 116 Å². The highest BCUT2D eigenvalue weighted by Gasteiger charge is 2.32. The van der Waals surface area contributed by atoms with Crippen molar-refractivity contribution in [3.8, 4) is 0 Å². The molecule has 1 aromatic carbocycles. The molecule has 0 bridgehead atoms. The molecule has 16 heteroatoms. The fraction of sp³-hybridized carbons (Fsp3) is 0.553. The average molecular weight is 746 g/mol. The molecule has 2 fully saturated rings. The highest BCUT2D eigenvalue weighted by Crippen LogP contribution is 2.36. The van der Waals surface area contributed by atoms with E-state index in [4.69, 9.17) is 9.47 Å². The Labute approximate surface area is 313 Å². The molecule has 4 amide bonds. The van der Waals surface area contributed by atoms with E-state index in [0.29, 0.717) is 48.7 Å². The minimum atomic E-state index is -0.677. The lowest BCUT2D eigenvalue weighted by Crippen LogP contribution is -2.44. The number of anilines is 1. The highest BCUT2D eigenvalue weighted by molar-refractivity contribution is 6.02. The smallest absolute Gasteiger partial charge is 0.407 e. The number of amides is 4. The Morgan fingerprint density at radius 2 is 1.72 bits per heavy atom. The number of imidazole rings is 1. The number of nitrogens with zero attached hydrogens (tertiary/aromatic N) is 5. The van der Waals surface area contributed by atoms with Gasteiger partial charge in [-0.05, 0) is 68.7 Å². The van der Waals surface area contributed by atoms with Crippen LogP contribution in [0, 0.1) is 0 Å². The number of alkyl carbamates (subject to hydrolysis) is 1. The van der Waals surface area contributed by atoms with Gasteiger partial charge in [0.2, 0.25) is 11.8 Å². The van der Waals surface area contributed by atoms with Crippen LogP contribution in [0.25, 0.3) is 11.0 Å². The Hall–Kier alpha value is -5.25. The lowest BCUT2D eigenvalue weighted by molar-refractivity contribution is -0.135. The first kappa shape index (κ1) is 38.5. The highest BCUT2D eigenvalue weighted by atomic mass is 16.6. The van der Waals surface area contributed by atoms with Gasteiger partial charge in [0.05, 0.1) is 23.3 Å². The molecule has 2 aliphatic rings. The Kier molecular flexibility index (Phi) is 12.6. The van der Waals surface area contributed by atoms with Crippen LogP contribution in [0.3, 0.4) is 0 Å². The topological polar surface area (TPSA) is 196 Å². The maximum absolute atomic E-state index is 13.0. The number of hydrogen-bond acceptors (Lipinski definition) is 9. The number of imide groups is 1. The van der Waals surface area contributed by atoms with Gasteiger partial charge in [0.15, 0.2) is 5.82 Å². The molecular formula is C38H51N9O7. The van der Waals surface area contributed by atoms with Gasteiger partial charge < -0.3 is 20.1 Å². The van der Waals surface area contributed by atoms with Crippen LogP contribution in [0.15, 0.2) is 35.1 Å². The predicted octanol–water partition coefficient (Wildman–Crippen LogP) is 4.51. The first-order valence-electron chi connectivity index (χ1n) is 19.0. The molecular weight excluding hydrogens is 694 g/mol. The summed E-state index contributed by atoms with van der Waals surface area (Å²) in [4.78, 5) is 62.2. The number of ether oxygens (including phenoxy) is 2. The van der Waals surface area contributed by atoms with E-state index in [1.807, 2.05) is 24.3 Å². The summed E-state index contributed by atoms with van der Waals surface area (Å²) in [5, 5.41) is 19.6. The molecule has 1 unspecified atom stereocenters. The van der Waals surface area contributed by atoms with Crippen molar-refractivity contribution in [3.05, 3.63) is 63.5 Å². The van der Waals surface area contributed by atoms with E-state index in [9.17, 15) is 24.0 Å². The largest absolute Gasteiger partial charge is 0.446 e. The number of benzene rings is 1. The summed E-state index contributed by atoms with van der Waals surface area (Å²) in [6, 6.07) is 8.81. The van der Waals surface area contributed by atoms with Crippen molar-refractivity contribution in [1.29, 1.82) is 0 Å². The average Bonchev–Trinajstić information content (AvgIpc) is 3.93. The van der Waals surface area contributed by atoms with E-state index in [0.717, 1.165) is 81.0 Å². The van der Waals surface area contributed by atoms with Crippen molar-refractivity contribution in [1.82, 2.24) is 39.7 Å². The van der Waals surface area contributed by atoms with Crippen LogP contribution in [0.4, 0.5) is 10.6 Å². The Morgan fingerprint density at radius 1 is 0.944 bits per heavy atom. The second-order valence-electron chi connectivity index (χ2n) is 14.4. The van der Waals surface area contributed by atoms with Crippen molar-refractivity contribution in [2.75, 3.05) is 19.0 Å². The van der Waals surface area contributed by atoms with Crippen molar-refractivity contribution >= 4 is 40.7 Å². The first-order chi connectivity index (χ1) is 26.1. The van der Waals surface area contributed by atoms with Gasteiger partial charge >= 0.3 is 11.8 Å². The number of fused-ring (bicyclic) bond motifs is 1.